The minimum absolute atomic E-state index is 0.108. The molecule has 0 bridgehead atoms. The Bertz CT molecular complexity index is 677. The van der Waals surface area contributed by atoms with Crippen LogP contribution in [-0.4, -0.2) is 35.1 Å². The van der Waals surface area contributed by atoms with E-state index in [0.29, 0.717) is 11.3 Å². The van der Waals surface area contributed by atoms with Crippen LogP contribution in [0.3, 0.4) is 0 Å². The SMILES string of the molecule is Cc1[nH]nc(S(=O)(=O)N(C)C(C)c2cccs2)c1CO. The molecule has 1 atom stereocenters. The predicted octanol–water partition coefficient (Wildman–Crippen LogP) is 1.65. The summed E-state index contributed by atoms with van der Waals surface area (Å²) in [5.74, 6) is 0. The number of hydrogen-bond acceptors (Lipinski definition) is 5. The van der Waals surface area contributed by atoms with Gasteiger partial charge < -0.3 is 5.11 Å². The van der Waals surface area contributed by atoms with Gasteiger partial charge in [-0.15, -0.1) is 11.3 Å². The van der Waals surface area contributed by atoms with E-state index in [1.54, 1.807) is 6.92 Å². The second kappa shape index (κ2) is 5.65. The third-order valence-electron chi connectivity index (χ3n) is 3.32. The molecule has 2 aromatic heterocycles. The summed E-state index contributed by atoms with van der Waals surface area (Å²) in [5, 5.41) is 17.6. The maximum absolute atomic E-state index is 12.6. The Morgan fingerprint density at radius 2 is 2.25 bits per heavy atom. The van der Waals surface area contributed by atoms with Crippen molar-refractivity contribution in [3.8, 4) is 0 Å². The van der Waals surface area contributed by atoms with Gasteiger partial charge in [-0.25, -0.2) is 8.42 Å². The molecule has 2 aromatic rings. The number of aromatic nitrogens is 2. The number of aryl methyl sites for hydroxylation is 1. The van der Waals surface area contributed by atoms with Crippen molar-refractivity contribution in [3.63, 3.8) is 0 Å². The molecule has 2 rings (SSSR count). The first-order valence-corrected chi connectivity index (χ1v) is 8.37. The maximum Gasteiger partial charge on any atom is 0.263 e. The van der Waals surface area contributed by atoms with E-state index in [1.165, 1.54) is 22.7 Å². The Balaban J connectivity index is 2.39. The molecule has 0 spiro atoms. The van der Waals surface area contributed by atoms with Crippen LogP contribution in [0.15, 0.2) is 22.5 Å². The molecule has 0 aliphatic heterocycles. The van der Waals surface area contributed by atoms with E-state index in [0.717, 1.165) is 4.88 Å². The van der Waals surface area contributed by atoms with Gasteiger partial charge in [-0.1, -0.05) is 6.07 Å². The Kier molecular flexibility index (Phi) is 4.28. The van der Waals surface area contributed by atoms with Crippen LogP contribution in [0, 0.1) is 6.92 Å². The molecule has 20 heavy (non-hydrogen) atoms. The van der Waals surface area contributed by atoms with Crippen LogP contribution in [0.25, 0.3) is 0 Å². The van der Waals surface area contributed by atoms with Gasteiger partial charge in [-0.3, -0.25) is 5.10 Å². The highest BCUT2D eigenvalue weighted by atomic mass is 32.2. The fourth-order valence-corrected chi connectivity index (χ4v) is 4.27. The first kappa shape index (κ1) is 15.2. The van der Waals surface area contributed by atoms with Crippen LogP contribution in [0.4, 0.5) is 0 Å². The molecule has 1 unspecified atom stereocenters. The summed E-state index contributed by atoms with van der Waals surface area (Å²) >= 11 is 1.50. The summed E-state index contributed by atoms with van der Waals surface area (Å²) in [6, 6.07) is 3.49. The van der Waals surface area contributed by atoms with Crippen LogP contribution in [0.1, 0.15) is 29.1 Å². The number of sulfonamides is 1. The standard InChI is InChI=1S/C12H17N3O3S2/c1-8-10(7-16)12(14-13-8)20(17,18)15(3)9(2)11-5-4-6-19-11/h4-6,9,16H,7H2,1-3H3,(H,13,14). The summed E-state index contributed by atoms with van der Waals surface area (Å²) in [6.07, 6.45) is 0. The highest BCUT2D eigenvalue weighted by Gasteiger charge is 2.31. The van der Waals surface area contributed by atoms with Crippen molar-refractivity contribution >= 4 is 21.4 Å². The highest BCUT2D eigenvalue weighted by molar-refractivity contribution is 7.89. The number of rotatable bonds is 5. The average Bonchev–Trinajstić information content (AvgIpc) is 3.05. The van der Waals surface area contributed by atoms with Gasteiger partial charge in [0.15, 0.2) is 5.03 Å². The van der Waals surface area contributed by atoms with E-state index < -0.39 is 10.0 Å². The predicted molar refractivity (Wildman–Crippen MR) is 76.9 cm³/mol. The average molecular weight is 315 g/mol. The van der Waals surface area contributed by atoms with Gasteiger partial charge in [0.2, 0.25) is 0 Å². The lowest BCUT2D eigenvalue weighted by atomic mass is 10.3. The summed E-state index contributed by atoms with van der Waals surface area (Å²) in [5.41, 5.74) is 0.874. The zero-order valence-corrected chi connectivity index (χ0v) is 13.1. The summed E-state index contributed by atoms with van der Waals surface area (Å²) in [6.45, 7) is 3.14. The third kappa shape index (κ3) is 2.51. The van der Waals surface area contributed by atoms with Gasteiger partial charge in [0.05, 0.1) is 12.6 Å². The fraction of sp³-hybridized carbons (Fsp3) is 0.417. The number of nitrogens with one attached hydrogen (secondary N) is 1. The molecule has 0 radical (unpaired) electrons. The summed E-state index contributed by atoms with van der Waals surface area (Å²) in [4.78, 5) is 0.953. The molecule has 2 heterocycles. The second-order valence-corrected chi connectivity index (χ2v) is 7.40. The molecule has 2 N–H and O–H groups in total. The van der Waals surface area contributed by atoms with Gasteiger partial charge >= 0.3 is 0 Å². The van der Waals surface area contributed by atoms with Gasteiger partial charge in [0.1, 0.15) is 0 Å². The Morgan fingerprint density at radius 3 is 2.80 bits per heavy atom. The number of H-pyrrole nitrogens is 1. The van der Waals surface area contributed by atoms with Crippen molar-refractivity contribution in [1.29, 1.82) is 0 Å². The number of nitrogens with zero attached hydrogens (tertiary/aromatic N) is 2. The molecular formula is C12H17N3O3S2. The van der Waals surface area contributed by atoms with Crippen molar-refractivity contribution in [2.45, 2.75) is 31.5 Å². The fourth-order valence-electron chi connectivity index (χ4n) is 1.88. The van der Waals surface area contributed by atoms with Gasteiger partial charge in [-0.05, 0) is 25.3 Å². The van der Waals surface area contributed by atoms with E-state index in [2.05, 4.69) is 10.2 Å². The minimum atomic E-state index is -3.75. The van der Waals surface area contributed by atoms with E-state index in [1.807, 2.05) is 24.4 Å². The van der Waals surface area contributed by atoms with Crippen molar-refractivity contribution in [1.82, 2.24) is 14.5 Å². The maximum atomic E-state index is 12.6. The van der Waals surface area contributed by atoms with Crippen molar-refractivity contribution < 1.29 is 13.5 Å². The molecule has 8 heteroatoms. The lowest BCUT2D eigenvalue weighted by Gasteiger charge is -2.22. The van der Waals surface area contributed by atoms with E-state index in [9.17, 15) is 13.5 Å². The summed E-state index contributed by atoms with van der Waals surface area (Å²) < 4.78 is 26.5. The van der Waals surface area contributed by atoms with Crippen molar-refractivity contribution in [2.75, 3.05) is 7.05 Å². The highest BCUT2D eigenvalue weighted by Crippen LogP contribution is 2.29. The van der Waals surface area contributed by atoms with Crippen molar-refractivity contribution in [3.05, 3.63) is 33.6 Å². The molecule has 110 valence electrons. The zero-order chi connectivity index (χ0) is 14.9. The quantitative estimate of drug-likeness (QED) is 0.878. The lowest BCUT2D eigenvalue weighted by Crippen LogP contribution is -2.30. The van der Waals surface area contributed by atoms with Gasteiger partial charge in [0.25, 0.3) is 10.0 Å². The lowest BCUT2D eigenvalue weighted by molar-refractivity contribution is 0.277. The molecule has 0 amide bonds. The van der Waals surface area contributed by atoms with Crippen LogP contribution in [0.5, 0.6) is 0 Å². The van der Waals surface area contributed by atoms with Gasteiger partial charge in [-0.2, -0.15) is 9.40 Å². The molecule has 0 aliphatic carbocycles. The van der Waals surface area contributed by atoms with Crippen molar-refractivity contribution in [2.24, 2.45) is 0 Å². The topological polar surface area (TPSA) is 86.3 Å². The van der Waals surface area contributed by atoms with Crippen LogP contribution < -0.4 is 0 Å². The Hall–Kier alpha value is -1.22. The van der Waals surface area contributed by atoms with Crippen LogP contribution in [-0.2, 0) is 16.6 Å². The van der Waals surface area contributed by atoms with Gasteiger partial charge in [0, 0.05) is 23.2 Å². The third-order valence-corrected chi connectivity index (χ3v) is 6.26. The Morgan fingerprint density at radius 1 is 1.55 bits per heavy atom. The summed E-state index contributed by atoms with van der Waals surface area (Å²) in [7, 11) is -2.23. The number of hydrogen-bond donors (Lipinski definition) is 2. The normalized spacial score (nSPS) is 13.8. The molecule has 0 saturated heterocycles. The Labute approximate surface area is 122 Å². The molecule has 0 aromatic carbocycles. The number of aliphatic hydroxyl groups excluding tert-OH is 1. The molecule has 6 nitrogen and oxygen atoms in total. The minimum Gasteiger partial charge on any atom is -0.392 e. The molecule has 0 fully saturated rings. The largest absolute Gasteiger partial charge is 0.392 e. The number of aliphatic hydroxyl groups is 1. The van der Waals surface area contributed by atoms with E-state index in [4.69, 9.17) is 0 Å². The second-order valence-electron chi connectivity index (χ2n) is 4.50. The van der Waals surface area contributed by atoms with E-state index in [-0.39, 0.29) is 17.7 Å². The monoisotopic (exact) mass is 315 g/mol. The van der Waals surface area contributed by atoms with E-state index >= 15 is 0 Å². The number of aromatic amines is 1. The number of thiophene rings is 1. The smallest absolute Gasteiger partial charge is 0.263 e. The first-order valence-electron chi connectivity index (χ1n) is 6.05. The molecule has 0 saturated carbocycles. The van der Waals surface area contributed by atoms with Crippen LogP contribution >= 0.6 is 11.3 Å². The first-order chi connectivity index (χ1) is 9.39. The molecular weight excluding hydrogens is 298 g/mol. The zero-order valence-electron chi connectivity index (χ0n) is 11.5. The van der Waals surface area contributed by atoms with Crippen LogP contribution in [0.2, 0.25) is 0 Å². The molecule has 0 aliphatic rings.